The van der Waals surface area contributed by atoms with Crippen LogP contribution in [0, 0.1) is 0 Å². The number of allylic oxidation sites excluding steroid dienone is 2. The zero-order chi connectivity index (χ0) is 6.69. The van der Waals surface area contributed by atoms with Gasteiger partial charge in [0.05, 0.1) is 0 Å². The first-order chi connectivity index (χ1) is 4.34. The number of Topliss-reactive ketones (excluding diaryl/α,β-unsaturated/α-hetero) is 1. The fraction of sp³-hybridized carbons (Fsp3) is 0.333. The van der Waals surface area contributed by atoms with E-state index in [1.807, 2.05) is 6.08 Å². The van der Waals surface area contributed by atoms with Crippen LogP contribution in [0.4, 0.5) is 0 Å². The van der Waals surface area contributed by atoms with Crippen molar-refractivity contribution in [1.29, 1.82) is 0 Å². The molecule has 0 saturated heterocycles. The molecular weight excluding hydrogens is 116 g/mol. The lowest BCUT2D eigenvalue weighted by Gasteiger charge is -1.93. The molecule has 0 heterocycles. The topological polar surface area (TPSA) is 53.5 Å². The van der Waals surface area contributed by atoms with Crippen molar-refractivity contribution in [2.45, 2.75) is 12.8 Å². The molecule has 0 aliphatic heterocycles. The van der Waals surface area contributed by atoms with Gasteiger partial charge in [0.2, 0.25) is 5.78 Å². The molecule has 0 bridgehead atoms. The molecule has 0 aromatic rings. The molecule has 1 rings (SSSR count). The third kappa shape index (κ3) is 1.12. The van der Waals surface area contributed by atoms with Gasteiger partial charge in [0.15, 0.2) is 0 Å². The third-order valence-electron chi connectivity index (χ3n) is 1.21. The molecule has 0 atom stereocenters. The van der Waals surface area contributed by atoms with Crippen LogP contribution < -0.4 is 0 Å². The Bertz CT molecular complexity index is 211. The Morgan fingerprint density at radius 2 is 2.44 bits per heavy atom. The minimum absolute atomic E-state index is 0.0833. The summed E-state index contributed by atoms with van der Waals surface area (Å²) in [6.07, 6.45) is 4.58. The summed E-state index contributed by atoms with van der Waals surface area (Å²) in [6.45, 7) is 0. The Kier molecular flexibility index (Phi) is 1.56. The fourth-order valence-corrected chi connectivity index (χ4v) is 0.720. The van der Waals surface area contributed by atoms with Gasteiger partial charge in [-0.3, -0.25) is 4.79 Å². The zero-order valence-corrected chi connectivity index (χ0v) is 4.87. The highest BCUT2D eigenvalue weighted by atomic mass is 16.1. The maximum Gasteiger partial charge on any atom is 0.357 e. The number of carbonyl (C=O) groups excluding carboxylic acids is 1. The van der Waals surface area contributed by atoms with Crippen molar-refractivity contribution in [3.8, 4) is 0 Å². The average molecular weight is 122 g/mol. The normalized spacial score (nSPS) is 17.8. The summed E-state index contributed by atoms with van der Waals surface area (Å²) < 4.78 is 0. The highest BCUT2D eigenvalue weighted by Gasteiger charge is 2.18. The van der Waals surface area contributed by atoms with E-state index in [4.69, 9.17) is 5.53 Å². The zero-order valence-electron chi connectivity index (χ0n) is 4.87. The smallest absolute Gasteiger partial charge is 0.357 e. The van der Waals surface area contributed by atoms with Gasteiger partial charge in [-0.05, 0) is 6.42 Å². The van der Waals surface area contributed by atoms with Crippen LogP contribution in [-0.2, 0) is 4.79 Å². The molecule has 46 valence electrons. The van der Waals surface area contributed by atoms with E-state index in [0.717, 1.165) is 6.42 Å². The van der Waals surface area contributed by atoms with Crippen molar-refractivity contribution in [2.24, 2.45) is 0 Å². The van der Waals surface area contributed by atoms with E-state index in [0.29, 0.717) is 6.42 Å². The molecule has 0 unspecified atom stereocenters. The first kappa shape index (κ1) is 5.92. The van der Waals surface area contributed by atoms with Crippen molar-refractivity contribution >= 4 is 11.5 Å². The van der Waals surface area contributed by atoms with E-state index in [1.165, 1.54) is 6.08 Å². The van der Waals surface area contributed by atoms with Crippen LogP contribution >= 0.6 is 0 Å². The molecule has 1 aliphatic carbocycles. The fourth-order valence-electron chi connectivity index (χ4n) is 0.720. The van der Waals surface area contributed by atoms with E-state index < -0.39 is 0 Å². The maximum atomic E-state index is 10.7. The molecule has 3 nitrogen and oxygen atoms in total. The van der Waals surface area contributed by atoms with E-state index in [-0.39, 0.29) is 11.5 Å². The summed E-state index contributed by atoms with van der Waals surface area (Å²) in [5, 5.41) is 0. The number of carbonyl (C=O) groups is 1. The first-order valence-electron chi connectivity index (χ1n) is 2.76. The largest absolute Gasteiger partial charge is 0.361 e. The predicted molar refractivity (Wildman–Crippen MR) is 32.0 cm³/mol. The monoisotopic (exact) mass is 122 g/mol. The van der Waals surface area contributed by atoms with Crippen LogP contribution in [0.5, 0.6) is 0 Å². The standard InChI is InChI=1S/C6H6N2O/c7-8-5-3-1-2-4-6(5)9/h1,3H,2,4H2. The molecule has 0 aromatic carbocycles. The molecule has 3 heteroatoms. The van der Waals surface area contributed by atoms with Crippen LogP contribution in [-0.4, -0.2) is 16.3 Å². The van der Waals surface area contributed by atoms with Crippen LogP contribution in [0.2, 0.25) is 0 Å². The highest BCUT2D eigenvalue weighted by Crippen LogP contribution is 2.00. The summed E-state index contributed by atoms with van der Waals surface area (Å²) in [4.78, 5) is 13.5. The minimum atomic E-state index is -0.0833. The van der Waals surface area contributed by atoms with Gasteiger partial charge in [0, 0.05) is 12.5 Å². The Morgan fingerprint density at radius 3 is 2.89 bits per heavy atom. The summed E-state index contributed by atoms with van der Waals surface area (Å²) in [7, 11) is 0. The van der Waals surface area contributed by atoms with E-state index >= 15 is 0 Å². The molecule has 0 aromatic heterocycles. The maximum absolute atomic E-state index is 10.7. The van der Waals surface area contributed by atoms with Gasteiger partial charge in [-0.1, -0.05) is 6.08 Å². The lowest BCUT2D eigenvalue weighted by atomic mass is 10.1. The van der Waals surface area contributed by atoms with Crippen LogP contribution in [0.1, 0.15) is 12.8 Å². The molecule has 0 saturated carbocycles. The molecule has 1 aliphatic rings. The summed E-state index contributed by atoms with van der Waals surface area (Å²) >= 11 is 0. The third-order valence-corrected chi connectivity index (χ3v) is 1.21. The van der Waals surface area contributed by atoms with Gasteiger partial charge in [-0.25, -0.2) is 0 Å². The predicted octanol–water partition coefficient (Wildman–Crippen LogP) is 0.576. The summed E-state index contributed by atoms with van der Waals surface area (Å²) in [5.41, 5.74) is 8.35. The van der Waals surface area contributed by atoms with Crippen molar-refractivity contribution in [3.05, 3.63) is 17.7 Å². The van der Waals surface area contributed by atoms with E-state index in [1.54, 1.807) is 0 Å². The molecule has 0 spiro atoms. The first-order valence-corrected chi connectivity index (χ1v) is 2.76. The number of hydrogen-bond acceptors (Lipinski definition) is 1. The number of nitrogens with zero attached hydrogens (tertiary/aromatic N) is 2. The summed E-state index contributed by atoms with van der Waals surface area (Å²) in [5.74, 6) is -0.0833. The second-order valence-corrected chi connectivity index (χ2v) is 1.85. The molecule has 9 heavy (non-hydrogen) atoms. The molecule has 0 fully saturated rings. The lowest BCUT2D eigenvalue weighted by molar-refractivity contribution is -0.117. The molecule has 0 radical (unpaired) electrons. The van der Waals surface area contributed by atoms with E-state index in [2.05, 4.69) is 4.79 Å². The van der Waals surface area contributed by atoms with Gasteiger partial charge in [-0.15, -0.1) is 0 Å². The Hall–Kier alpha value is -1.21. The Balaban J connectivity index is 2.94. The molecular formula is C6H6N2O. The number of ketones is 1. The molecule has 0 amide bonds. The van der Waals surface area contributed by atoms with E-state index in [9.17, 15) is 4.79 Å². The quantitative estimate of drug-likeness (QED) is 0.342. The second kappa shape index (κ2) is 2.37. The van der Waals surface area contributed by atoms with Gasteiger partial charge in [0.25, 0.3) is 0 Å². The molecule has 0 N–H and O–H groups in total. The van der Waals surface area contributed by atoms with Crippen molar-refractivity contribution in [3.63, 3.8) is 0 Å². The second-order valence-electron chi connectivity index (χ2n) is 1.85. The summed E-state index contributed by atoms with van der Waals surface area (Å²) in [6, 6.07) is 0. The average Bonchev–Trinajstić information content (AvgIpc) is 1.89. The van der Waals surface area contributed by atoms with Crippen LogP contribution in [0.3, 0.4) is 0 Å². The van der Waals surface area contributed by atoms with Crippen molar-refractivity contribution in [1.82, 2.24) is 0 Å². The van der Waals surface area contributed by atoms with Gasteiger partial charge in [0.1, 0.15) is 0 Å². The van der Waals surface area contributed by atoms with Crippen LogP contribution in [0.25, 0.3) is 5.53 Å². The van der Waals surface area contributed by atoms with Gasteiger partial charge in [-0.2, -0.15) is 4.79 Å². The van der Waals surface area contributed by atoms with Crippen molar-refractivity contribution in [2.75, 3.05) is 0 Å². The number of hydrogen-bond donors (Lipinski definition) is 0. The lowest BCUT2D eigenvalue weighted by Crippen LogP contribution is -2.14. The van der Waals surface area contributed by atoms with Gasteiger partial charge >= 0.3 is 5.71 Å². The highest BCUT2D eigenvalue weighted by molar-refractivity contribution is 6.42. The Labute approximate surface area is 52.6 Å². The SMILES string of the molecule is [N-]=[N+]=C1C=CCCC1=O. The Morgan fingerprint density at radius 1 is 1.67 bits per heavy atom. The van der Waals surface area contributed by atoms with Crippen molar-refractivity contribution < 1.29 is 9.58 Å². The minimum Gasteiger partial charge on any atom is -0.361 e. The van der Waals surface area contributed by atoms with Gasteiger partial charge < -0.3 is 5.53 Å². The number of rotatable bonds is 0. The van der Waals surface area contributed by atoms with Crippen LogP contribution in [0.15, 0.2) is 12.2 Å².